The Hall–Kier alpha value is -0.120. The van der Waals surface area contributed by atoms with Crippen LogP contribution in [0.15, 0.2) is 0 Å². The number of hydrogen-bond acceptors (Lipinski definition) is 3. The molecule has 0 unspecified atom stereocenters. The van der Waals surface area contributed by atoms with Crippen molar-refractivity contribution < 1.29 is 9.47 Å². The Bertz CT molecular complexity index is 124. The van der Waals surface area contributed by atoms with Gasteiger partial charge in [-0.3, -0.25) is 0 Å². The monoisotopic (exact) mass is 173 g/mol. The van der Waals surface area contributed by atoms with Gasteiger partial charge in [0.15, 0.2) is 0 Å². The smallest absolute Gasteiger partial charge is 0.0590 e. The summed E-state index contributed by atoms with van der Waals surface area (Å²) in [7, 11) is 0. The van der Waals surface area contributed by atoms with Crippen LogP contribution in [0.3, 0.4) is 0 Å². The molecule has 0 atom stereocenters. The highest BCUT2D eigenvalue weighted by atomic mass is 16.5. The molecule has 12 heavy (non-hydrogen) atoms. The predicted molar refractivity (Wildman–Crippen MR) is 48.3 cm³/mol. The molecule has 0 spiro atoms. The van der Waals surface area contributed by atoms with Crippen molar-refractivity contribution in [3.63, 3.8) is 0 Å². The molecular weight excluding hydrogens is 154 g/mol. The molecule has 0 aromatic carbocycles. The quantitative estimate of drug-likeness (QED) is 0.598. The first-order valence-corrected chi connectivity index (χ1v) is 4.63. The molecule has 1 fully saturated rings. The first kappa shape index (κ1) is 9.96. The van der Waals surface area contributed by atoms with Crippen molar-refractivity contribution in [3.8, 4) is 0 Å². The van der Waals surface area contributed by atoms with Crippen molar-refractivity contribution >= 4 is 0 Å². The van der Waals surface area contributed by atoms with E-state index in [0.717, 1.165) is 39.5 Å². The lowest BCUT2D eigenvalue weighted by Crippen LogP contribution is -2.47. The van der Waals surface area contributed by atoms with Crippen LogP contribution in [0, 0.1) is 5.41 Å². The Morgan fingerprint density at radius 3 is 2.75 bits per heavy atom. The molecule has 3 nitrogen and oxygen atoms in total. The second-order valence-corrected chi connectivity index (χ2v) is 3.68. The standard InChI is InChI=1S/C9H19NO2/c1-3-11-5-4-10-6-9(2)7-12-8-9/h10H,3-8H2,1-2H3. The Morgan fingerprint density at radius 1 is 1.50 bits per heavy atom. The number of hydrogen-bond donors (Lipinski definition) is 1. The van der Waals surface area contributed by atoms with E-state index in [0.29, 0.717) is 5.41 Å². The minimum Gasteiger partial charge on any atom is -0.380 e. The molecular formula is C9H19NO2. The van der Waals surface area contributed by atoms with Crippen molar-refractivity contribution in [2.45, 2.75) is 13.8 Å². The van der Waals surface area contributed by atoms with Gasteiger partial charge in [-0.15, -0.1) is 0 Å². The van der Waals surface area contributed by atoms with E-state index in [1.54, 1.807) is 0 Å². The third-order valence-corrected chi connectivity index (χ3v) is 2.08. The first-order chi connectivity index (χ1) is 5.77. The number of nitrogens with one attached hydrogen (secondary N) is 1. The lowest BCUT2D eigenvalue weighted by Gasteiger charge is -2.38. The third-order valence-electron chi connectivity index (χ3n) is 2.08. The Balaban J connectivity index is 1.88. The van der Waals surface area contributed by atoms with Gasteiger partial charge >= 0.3 is 0 Å². The second kappa shape index (κ2) is 4.80. The SMILES string of the molecule is CCOCCNCC1(C)COC1. The third kappa shape index (κ3) is 3.09. The Kier molecular flexibility index (Phi) is 3.98. The van der Waals surface area contributed by atoms with E-state index in [2.05, 4.69) is 12.2 Å². The Morgan fingerprint density at radius 2 is 2.25 bits per heavy atom. The summed E-state index contributed by atoms with van der Waals surface area (Å²) in [5.41, 5.74) is 0.381. The fourth-order valence-corrected chi connectivity index (χ4v) is 1.23. The fraction of sp³-hybridized carbons (Fsp3) is 1.00. The van der Waals surface area contributed by atoms with Gasteiger partial charge in [0.05, 0.1) is 19.8 Å². The summed E-state index contributed by atoms with van der Waals surface area (Å²) in [6.07, 6.45) is 0. The number of ether oxygens (including phenoxy) is 2. The van der Waals surface area contributed by atoms with E-state index >= 15 is 0 Å². The highest BCUT2D eigenvalue weighted by molar-refractivity contribution is 4.82. The minimum absolute atomic E-state index is 0.381. The highest BCUT2D eigenvalue weighted by Crippen LogP contribution is 2.24. The molecule has 1 N–H and O–H groups in total. The van der Waals surface area contributed by atoms with Gasteiger partial charge in [-0.1, -0.05) is 6.92 Å². The average molecular weight is 173 g/mol. The highest BCUT2D eigenvalue weighted by Gasteiger charge is 2.32. The molecule has 0 bridgehead atoms. The maximum atomic E-state index is 5.21. The van der Waals surface area contributed by atoms with E-state index < -0.39 is 0 Å². The maximum absolute atomic E-state index is 5.21. The van der Waals surface area contributed by atoms with Gasteiger partial charge in [-0.25, -0.2) is 0 Å². The fourth-order valence-electron chi connectivity index (χ4n) is 1.23. The van der Waals surface area contributed by atoms with Crippen molar-refractivity contribution in [2.24, 2.45) is 5.41 Å². The Labute approximate surface area is 74.4 Å². The summed E-state index contributed by atoms with van der Waals surface area (Å²) < 4.78 is 10.4. The molecule has 0 radical (unpaired) electrons. The molecule has 1 rings (SSSR count). The van der Waals surface area contributed by atoms with Crippen LogP contribution in [-0.4, -0.2) is 39.5 Å². The molecule has 1 saturated heterocycles. The lowest BCUT2D eigenvalue weighted by atomic mass is 9.89. The van der Waals surface area contributed by atoms with E-state index in [-0.39, 0.29) is 0 Å². The van der Waals surface area contributed by atoms with Crippen molar-refractivity contribution in [3.05, 3.63) is 0 Å². The molecule has 3 heteroatoms. The molecule has 0 saturated carbocycles. The average Bonchev–Trinajstić information content (AvgIpc) is 2.01. The lowest BCUT2D eigenvalue weighted by molar-refractivity contribution is -0.0992. The summed E-state index contributed by atoms with van der Waals surface area (Å²) in [6.45, 7) is 9.66. The zero-order valence-electron chi connectivity index (χ0n) is 8.06. The molecule has 0 aromatic heterocycles. The summed E-state index contributed by atoms with van der Waals surface area (Å²) >= 11 is 0. The molecule has 0 aromatic rings. The molecule has 0 amide bonds. The van der Waals surface area contributed by atoms with E-state index in [1.165, 1.54) is 0 Å². The zero-order chi connectivity index (χ0) is 8.86. The van der Waals surface area contributed by atoms with E-state index in [1.807, 2.05) is 6.92 Å². The number of rotatable bonds is 6. The molecule has 1 aliphatic rings. The van der Waals surface area contributed by atoms with Gasteiger partial charge < -0.3 is 14.8 Å². The normalized spacial score (nSPS) is 20.5. The van der Waals surface area contributed by atoms with Gasteiger partial charge in [-0.05, 0) is 6.92 Å². The van der Waals surface area contributed by atoms with Gasteiger partial charge in [0.2, 0.25) is 0 Å². The molecule has 1 heterocycles. The summed E-state index contributed by atoms with van der Waals surface area (Å²) in [6, 6.07) is 0. The van der Waals surface area contributed by atoms with Crippen LogP contribution in [0.25, 0.3) is 0 Å². The van der Waals surface area contributed by atoms with Gasteiger partial charge in [-0.2, -0.15) is 0 Å². The van der Waals surface area contributed by atoms with Crippen LogP contribution < -0.4 is 5.32 Å². The molecule has 1 aliphatic heterocycles. The van der Waals surface area contributed by atoms with Crippen LogP contribution in [-0.2, 0) is 9.47 Å². The van der Waals surface area contributed by atoms with Crippen molar-refractivity contribution in [2.75, 3.05) is 39.5 Å². The van der Waals surface area contributed by atoms with Gasteiger partial charge in [0, 0.05) is 25.1 Å². The zero-order valence-corrected chi connectivity index (χ0v) is 8.06. The maximum Gasteiger partial charge on any atom is 0.0590 e. The summed E-state index contributed by atoms with van der Waals surface area (Å²) in [5, 5.41) is 3.36. The molecule has 72 valence electrons. The first-order valence-electron chi connectivity index (χ1n) is 4.63. The van der Waals surface area contributed by atoms with Gasteiger partial charge in [0.1, 0.15) is 0 Å². The summed E-state index contributed by atoms with van der Waals surface area (Å²) in [5.74, 6) is 0. The largest absolute Gasteiger partial charge is 0.380 e. The van der Waals surface area contributed by atoms with E-state index in [4.69, 9.17) is 9.47 Å². The van der Waals surface area contributed by atoms with E-state index in [9.17, 15) is 0 Å². The summed E-state index contributed by atoms with van der Waals surface area (Å²) in [4.78, 5) is 0. The molecule has 0 aliphatic carbocycles. The van der Waals surface area contributed by atoms with Crippen LogP contribution in [0.2, 0.25) is 0 Å². The predicted octanol–water partition coefficient (Wildman–Crippen LogP) is 0.649. The van der Waals surface area contributed by atoms with Crippen LogP contribution in [0.4, 0.5) is 0 Å². The van der Waals surface area contributed by atoms with Gasteiger partial charge in [0.25, 0.3) is 0 Å². The minimum atomic E-state index is 0.381. The van der Waals surface area contributed by atoms with Crippen LogP contribution in [0.5, 0.6) is 0 Å². The van der Waals surface area contributed by atoms with Crippen molar-refractivity contribution in [1.82, 2.24) is 5.32 Å². The topological polar surface area (TPSA) is 30.5 Å². The van der Waals surface area contributed by atoms with Crippen molar-refractivity contribution in [1.29, 1.82) is 0 Å². The van der Waals surface area contributed by atoms with Crippen LogP contribution in [0.1, 0.15) is 13.8 Å². The second-order valence-electron chi connectivity index (χ2n) is 3.68. The van der Waals surface area contributed by atoms with Crippen LogP contribution >= 0.6 is 0 Å².